The molecule has 1 amide bonds. The first-order valence-electron chi connectivity index (χ1n) is 5.98. The third-order valence-electron chi connectivity index (χ3n) is 2.97. The Morgan fingerprint density at radius 1 is 1.59 bits per heavy atom. The lowest BCUT2D eigenvalue weighted by molar-refractivity contribution is -0.125. The van der Waals surface area contributed by atoms with E-state index >= 15 is 0 Å². The summed E-state index contributed by atoms with van der Waals surface area (Å²) in [6.45, 7) is 2.62. The van der Waals surface area contributed by atoms with Crippen molar-refractivity contribution in [3.63, 3.8) is 0 Å². The van der Waals surface area contributed by atoms with Gasteiger partial charge in [-0.25, -0.2) is 0 Å². The molecule has 1 aliphatic heterocycles. The minimum absolute atomic E-state index is 0.166. The molecule has 0 saturated carbocycles. The second kappa shape index (κ2) is 6.52. The second-order valence-corrected chi connectivity index (χ2v) is 6.84. The average molecular weight is 317 g/mol. The molecule has 1 aromatic rings. The SMILES string of the molecule is O=C(NCCc1ccc(Br)s1)[C@H]1CCCNC1. The first kappa shape index (κ1) is 13.1. The summed E-state index contributed by atoms with van der Waals surface area (Å²) in [5.41, 5.74) is 0. The maximum Gasteiger partial charge on any atom is 0.224 e. The van der Waals surface area contributed by atoms with Gasteiger partial charge < -0.3 is 10.6 Å². The topological polar surface area (TPSA) is 41.1 Å². The quantitative estimate of drug-likeness (QED) is 0.894. The van der Waals surface area contributed by atoms with Crippen molar-refractivity contribution in [2.45, 2.75) is 19.3 Å². The van der Waals surface area contributed by atoms with Crippen LogP contribution in [0.5, 0.6) is 0 Å². The van der Waals surface area contributed by atoms with E-state index in [1.807, 2.05) is 6.07 Å². The standard InChI is InChI=1S/C12H17BrN2OS/c13-11-4-3-10(17-11)5-7-15-12(16)9-2-1-6-14-8-9/h3-4,9,14H,1-2,5-8H2,(H,15,16)/t9-/m0/s1. The number of piperidine rings is 1. The minimum atomic E-state index is 0.166. The van der Waals surface area contributed by atoms with E-state index in [2.05, 4.69) is 32.6 Å². The van der Waals surface area contributed by atoms with Crippen molar-refractivity contribution in [1.29, 1.82) is 0 Å². The molecule has 1 saturated heterocycles. The summed E-state index contributed by atoms with van der Waals surface area (Å²) < 4.78 is 1.15. The number of hydrogen-bond acceptors (Lipinski definition) is 3. The molecule has 17 heavy (non-hydrogen) atoms. The fourth-order valence-corrected chi connectivity index (χ4v) is 3.50. The maximum absolute atomic E-state index is 11.8. The number of nitrogens with one attached hydrogen (secondary N) is 2. The molecule has 5 heteroatoms. The lowest BCUT2D eigenvalue weighted by Gasteiger charge is -2.21. The smallest absolute Gasteiger partial charge is 0.224 e. The van der Waals surface area contributed by atoms with Gasteiger partial charge >= 0.3 is 0 Å². The van der Waals surface area contributed by atoms with Crippen molar-refractivity contribution in [1.82, 2.24) is 10.6 Å². The van der Waals surface area contributed by atoms with Gasteiger partial charge in [0.15, 0.2) is 0 Å². The summed E-state index contributed by atoms with van der Waals surface area (Å²) in [6.07, 6.45) is 3.04. The van der Waals surface area contributed by atoms with Crippen LogP contribution in [0.3, 0.4) is 0 Å². The van der Waals surface area contributed by atoms with Crippen molar-refractivity contribution >= 4 is 33.2 Å². The Hall–Kier alpha value is -0.390. The van der Waals surface area contributed by atoms with E-state index in [4.69, 9.17) is 0 Å². The van der Waals surface area contributed by atoms with E-state index in [9.17, 15) is 4.79 Å². The maximum atomic E-state index is 11.8. The van der Waals surface area contributed by atoms with Crippen LogP contribution in [-0.2, 0) is 11.2 Å². The molecule has 1 aliphatic rings. The van der Waals surface area contributed by atoms with Crippen LogP contribution in [0, 0.1) is 5.92 Å². The average Bonchev–Trinajstić information content (AvgIpc) is 2.76. The summed E-state index contributed by atoms with van der Waals surface area (Å²) in [5, 5.41) is 6.28. The Morgan fingerprint density at radius 2 is 2.47 bits per heavy atom. The van der Waals surface area contributed by atoms with Gasteiger partial charge in [-0.3, -0.25) is 4.79 Å². The Morgan fingerprint density at radius 3 is 3.12 bits per heavy atom. The molecule has 0 spiro atoms. The number of carbonyl (C=O) groups is 1. The van der Waals surface area contributed by atoms with Crippen molar-refractivity contribution in [2.75, 3.05) is 19.6 Å². The van der Waals surface area contributed by atoms with E-state index in [-0.39, 0.29) is 11.8 Å². The molecule has 1 atom stereocenters. The monoisotopic (exact) mass is 316 g/mol. The number of halogens is 1. The first-order chi connectivity index (χ1) is 8.25. The Labute approximate surface area is 114 Å². The highest BCUT2D eigenvalue weighted by molar-refractivity contribution is 9.11. The van der Waals surface area contributed by atoms with Gasteiger partial charge in [0.2, 0.25) is 5.91 Å². The normalized spacial score (nSPS) is 20.2. The van der Waals surface area contributed by atoms with Crippen molar-refractivity contribution in [3.8, 4) is 0 Å². The first-order valence-corrected chi connectivity index (χ1v) is 7.59. The van der Waals surface area contributed by atoms with E-state index in [1.165, 1.54) is 4.88 Å². The minimum Gasteiger partial charge on any atom is -0.355 e. The van der Waals surface area contributed by atoms with Gasteiger partial charge in [0.05, 0.1) is 9.70 Å². The van der Waals surface area contributed by atoms with E-state index in [1.54, 1.807) is 11.3 Å². The molecule has 2 heterocycles. The molecule has 0 aliphatic carbocycles. The van der Waals surface area contributed by atoms with Gasteiger partial charge in [-0.15, -0.1) is 11.3 Å². The predicted octanol–water partition coefficient (Wildman–Crippen LogP) is 2.17. The lowest BCUT2D eigenvalue weighted by atomic mass is 9.99. The highest BCUT2D eigenvalue weighted by atomic mass is 79.9. The summed E-state index contributed by atoms with van der Waals surface area (Å²) >= 11 is 5.17. The molecule has 1 aromatic heterocycles. The highest BCUT2D eigenvalue weighted by Gasteiger charge is 2.20. The zero-order chi connectivity index (χ0) is 12.1. The highest BCUT2D eigenvalue weighted by Crippen LogP contribution is 2.22. The van der Waals surface area contributed by atoms with E-state index in [0.29, 0.717) is 0 Å². The molecular formula is C12H17BrN2OS. The number of thiophene rings is 1. The van der Waals surface area contributed by atoms with Crippen LogP contribution in [0.1, 0.15) is 17.7 Å². The molecule has 2 N–H and O–H groups in total. The Balaban J connectivity index is 1.69. The van der Waals surface area contributed by atoms with Crippen molar-refractivity contribution in [2.24, 2.45) is 5.92 Å². The third kappa shape index (κ3) is 4.08. The van der Waals surface area contributed by atoms with Crippen LogP contribution >= 0.6 is 27.3 Å². The fourth-order valence-electron chi connectivity index (χ4n) is 2.01. The summed E-state index contributed by atoms with van der Waals surface area (Å²) in [6, 6.07) is 4.15. The van der Waals surface area contributed by atoms with Crippen LogP contribution in [-0.4, -0.2) is 25.5 Å². The number of rotatable bonds is 4. The molecule has 0 bridgehead atoms. The van der Waals surface area contributed by atoms with Gasteiger partial charge in [0, 0.05) is 18.0 Å². The van der Waals surface area contributed by atoms with E-state index < -0.39 is 0 Å². The van der Waals surface area contributed by atoms with Crippen molar-refractivity contribution in [3.05, 3.63) is 20.8 Å². The van der Waals surface area contributed by atoms with Crippen LogP contribution in [0.2, 0.25) is 0 Å². The summed E-state index contributed by atoms with van der Waals surface area (Å²) in [4.78, 5) is 13.1. The van der Waals surface area contributed by atoms with Crippen LogP contribution < -0.4 is 10.6 Å². The van der Waals surface area contributed by atoms with Crippen LogP contribution in [0.25, 0.3) is 0 Å². The Kier molecular flexibility index (Phi) is 5.00. The van der Waals surface area contributed by atoms with Gasteiger partial charge in [0.25, 0.3) is 0 Å². The van der Waals surface area contributed by atoms with Gasteiger partial charge in [-0.1, -0.05) is 0 Å². The molecular weight excluding hydrogens is 300 g/mol. The predicted molar refractivity (Wildman–Crippen MR) is 74.3 cm³/mol. The molecule has 0 unspecified atom stereocenters. The zero-order valence-corrected chi connectivity index (χ0v) is 12.1. The molecule has 2 rings (SSSR count). The van der Waals surface area contributed by atoms with Gasteiger partial charge in [0.1, 0.15) is 0 Å². The fraction of sp³-hybridized carbons (Fsp3) is 0.583. The van der Waals surface area contributed by atoms with Crippen LogP contribution in [0.15, 0.2) is 15.9 Å². The number of carbonyl (C=O) groups excluding carboxylic acids is 1. The summed E-state index contributed by atoms with van der Waals surface area (Å²) in [7, 11) is 0. The van der Waals surface area contributed by atoms with Gasteiger partial charge in [-0.05, 0) is 53.9 Å². The molecule has 0 aromatic carbocycles. The van der Waals surface area contributed by atoms with Crippen LogP contribution in [0.4, 0.5) is 0 Å². The lowest BCUT2D eigenvalue weighted by Crippen LogP contribution is -2.41. The molecule has 0 radical (unpaired) electrons. The molecule has 94 valence electrons. The van der Waals surface area contributed by atoms with E-state index in [0.717, 1.165) is 42.7 Å². The number of hydrogen-bond donors (Lipinski definition) is 2. The second-order valence-electron chi connectivity index (χ2n) is 4.29. The Bertz CT molecular complexity index is 374. The van der Waals surface area contributed by atoms with Crippen molar-refractivity contribution < 1.29 is 4.79 Å². The largest absolute Gasteiger partial charge is 0.355 e. The number of amides is 1. The summed E-state index contributed by atoms with van der Waals surface area (Å²) in [5.74, 6) is 0.367. The third-order valence-corrected chi connectivity index (χ3v) is 4.65. The molecule has 1 fully saturated rings. The molecule has 3 nitrogen and oxygen atoms in total. The zero-order valence-electron chi connectivity index (χ0n) is 9.67. The van der Waals surface area contributed by atoms with Gasteiger partial charge in [-0.2, -0.15) is 0 Å².